The quantitative estimate of drug-likeness (QED) is 0.214. The maximum atomic E-state index is 13.7. The third-order valence-electron chi connectivity index (χ3n) is 3.80. The summed E-state index contributed by atoms with van der Waals surface area (Å²) in [6.07, 6.45) is 0. The van der Waals surface area contributed by atoms with Crippen LogP contribution in [0.15, 0.2) is 58.7 Å². The summed E-state index contributed by atoms with van der Waals surface area (Å²) < 4.78 is 32.1. The summed E-state index contributed by atoms with van der Waals surface area (Å²) in [7, 11) is 0. The van der Waals surface area contributed by atoms with Gasteiger partial charge in [-0.3, -0.25) is 4.79 Å². The second kappa shape index (κ2) is 9.56. The average molecular weight is 403 g/mol. The van der Waals surface area contributed by atoms with Crippen LogP contribution in [0.3, 0.4) is 0 Å². The molecule has 0 saturated carbocycles. The molecule has 0 heterocycles. The number of halogens is 2. The minimum Gasteiger partial charge on any atom is -0.454 e. The van der Waals surface area contributed by atoms with Crippen LogP contribution in [0, 0.1) is 11.6 Å². The Morgan fingerprint density at radius 2 is 1.66 bits per heavy atom. The van der Waals surface area contributed by atoms with Crippen molar-refractivity contribution in [3.63, 3.8) is 0 Å². The fraction of sp³-hybridized carbons (Fsp3) is 0.150. The number of rotatable bonds is 7. The first kappa shape index (κ1) is 21.7. The number of nitrogens with two attached hydrogens (primary N) is 2. The van der Waals surface area contributed by atoms with Gasteiger partial charge in [-0.1, -0.05) is 18.2 Å². The van der Waals surface area contributed by atoms with Crippen molar-refractivity contribution in [3.05, 3.63) is 76.5 Å². The van der Waals surface area contributed by atoms with Crippen LogP contribution < -0.4 is 11.5 Å². The average Bonchev–Trinajstić information content (AvgIpc) is 2.66. The van der Waals surface area contributed by atoms with Gasteiger partial charge in [-0.15, -0.1) is 0 Å². The van der Waals surface area contributed by atoms with Crippen LogP contribution in [-0.2, 0) is 16.1 Å². The number of amidine groups is 1. The third-order valence-corrected chi connectivity index (χ3v) is 3.80. The molecule has 2 rings (SSSR count). The van der Waals surface area contributed by atoms with Gasteiger partial charge in [0.15, 0.2) is 6.61 Å². The van der Waals surface area contributed by atoms with Crippen LogP contribution >= 0.6 is 0 Å². The van der Waals surface area contributed by atoms with Gasteiger partial charge in [0.2, 0.25) is 5.78 Å². The van der Waals surface area contributed by atoms with Gasteiger partial charge in [0.25, 0.3) is 0 Å². The van der Waals surface area contributed by atoms with E-state index in [-0.39, 0.29) is 23.7 Å². The summed E-state index contributed by atoms with van der Waals surface area (Å²) in [5.74, 6) is -4.52. The maximum absolute atomic E-state index is 13.7. The van der Waals surface area contributed by atoms with Gasteiger partial charge in [-0.2, -0.15) is 0 Å². The molecule has 0 spiro atoms. The molecule has 29 heavy (non-hydrogen) atoms. The molecule has 2 aromatic carbocycles. The molecule has 0 amide bonds. The monoisotopic (exact) mass is 403 g/mol. The van der Waals surface area contributed by atoms with Gasteiger partial charge in [0.05, 0.1) is 17.9 Å². The molecule has 7 nitrogen and oxygen atoms in total. The van der Waals surface area contributed by atoms with Crippen molar-refractivity contribution in [2.45, 2.75) is 13.5 Å². The van der Waals surface area contributed by atoms with Crippen molar-refractivity contribution >= 4 is 23.3 Å². The molecule has 2 aromatic rings. The first-order chi connectivity index (χ1) is 13.7. The lowest BCUT2D eigenvalue weighted by atomic mass is 10.1. The molecule has 0 bridgehead atoms. The van der Waals surface area contributed by atoms with E-state index < -0.39 is 35.6 Å². The number of aliphatic imine (C=N–C) groups is 1. The summed E-state index contributed by atoms with van der Waals surface area (Å²) in [6, 6.07) is 9.31. The lowest BCUT2D eigenvalue weighted by molar-refractivity contribution is -0.137. The molecular formula is C20H19F2N3O4. The number of esters is 1. The zero-order valence-corrected chi connectivity index (χ0v) is 15.5. The van der Waals surface area contributed by atoms with Crippen LogP contribution in [0.1, 0.15) is 22.8 Å². The SMILES string of the molecule is C/C(N)=C(\C(=O)OCC(=O)c1c(F)cccc1F)C(N)=Nc1ccc(CO)cc1. The topological polar surface area (TPSA) is 128 Å². The van der Waals surface area contributed by atoms with Gasteiger partial charge in [-0.25, -0.2) is 18.6 Å². The lowest BCUT2D eigenvalue weighted by Crippen LogP contribution is -2.27. The Morgan fingerprint density at radius 1 is 1.07 bits per heavy atom. The first-order valence-corrected chi connectivity index (χ1v) is 8.39. The van der Waals surface area contributed by atoms with Gasteiger partial charge >= 0.3 is 5.97 Å². The van der Waals surface area contributed by atoms with Crippen molar-refractivity contribution in [1.29, 1.82) is 0 Å². The molecule has 0 radical (unpaired) electrons. The zero-order valence-electron chi connectivity index (χ0n) is 15.5. The number of benzene rings is 2. The molecule has 0 atom stereocenters. The van der Waals surface area contributed by atoms with E-state index in [2.05, 4.69) is 4.99 Å². The number of aliphatic hydroxyl groups excluding tert-OH is 1. The molecule has 0 unspecified atom stereocenters. The number of hydrogen-bond acceptors (Lipinski definition) is 6. The summed E-state index contributed by atoms with van der Waals surface area (Å²) in [6.45, 7) is 0.327. The highest BCUT2D eigenvalue weighted by atomic mass is 19.1. The minimum atomic E-state index is -1.07. The van der Waals surface area contributed by atoms with Crippen LogP contribution in [-0.4, -0.2) is 29.3 Å². The normalized spacial score (nSPS) is 12.3. The van der Waals surface area contributed by atoms with Crippen LogP contribution in [0.2, 0.25) is 0 Å². The van der Waals surface area contributed by atoms with E-state index in [0.29, 0.717) is 11.3 Å². The number of carbonyl (C=O) groups excluding carboxylic acids is 2. The Bertz CT molecular complexity index is 961. The van der Waals surface area contributed by atoms with Gasteiger partial charge in [0, 0.05) is 5.70 Å². The number of nitrogens with zero attached hydrogens (tertiary/aromatic N) is 1. The molecule has 0 aromatic heterocycles. The lowest BCUT2D eigenvalue weighted by Gasteiger charge is -2.10. The number of hydrogen-bond donors (Lipinski definition) is 3. The molecule has 152 valence electrons. The summed E-state index contributed by atoms with van der Waals surface area (Å²) in [5, 5.41) is 9.04. The highest BCUT2D eigenvalue weighted by Crippen LogP contribution is 2.16. The van der Waals surface area contributed by atoms with Gasteiger partial charge in [-0.05, 0) is 36.8 Å². The van der Waals surface area contributed by atoms with E-state index in [9.17, 15) is 18.4 Å². The largest absolute Gasteiger partial charge is 0.454 e. The molecular weight excluding hydrogens is 384 g/mol. The zero-order chi connectivity index (χ0) is 21.6. The van der Waals surface area contributed by atoms with E-state index in [0.717, 1.165) is 18.2 Å². The fourth-order valence-corrected chi connectivity index (χ4v) is 2.38. The Labute approximate surface area is 165 Å². The second-order valence-corrected chi connectivity index (χ2v) is 5.98. The minimum absolute atomic E-state index is 0.0206. The van der Waals surface area contributed by atoms with E-state index in [1.165, 1.54) is 6.92 Å². The number of aliphatic hydroxyl groups is 1. The molecule has 0 fully saturated rings. The summed E-state index contributed by atoms with van der Waals surface area (Å²) in [4.78, 5) is 28.4. The number of carbonyl (C=O) groups is 2. The predicted octanol–water partition coefficient (Wildman–Crippen LogP) is 2.10. The van der Waals surface area contributed by atoms with Crippen LogP contribution in [0.25, 0.3) is 0 Å². The number of Topliss-reactive ketones (excluding diaryl/α,β-unsaturated/α-hetero) is 1. The fourth-order valence-electron chi connectivity index (χ4n) is 2.38. The molecule has 5 N–H and O–H groups in total. The highest BCUT2D eigenvalue weighted by Gasteiger charge is 2.22. The molecule has 0 aliphatic carbocycles. The van der Waals surface area contributed by atoms with Gasteiger partial charge < -0.3 is 21.3 Å². The van der Waals surface area contributed by atoms with Gasteiger partial charge in [0.1, 0.15) is 23.0 Å². The molecule has 0 aliphatic rings. The standard InChI is InChI=1S/C20H19F2N3O4/c1-11(23)17(19(24)25-13-7-5-12(9-26)6-8-13)20(28)29-10-16(27)18-14(21)3-2-4-15(18)22/h2-8,26H,9-10,23H2,1H3,(H2,24,25)/b17-11+. The molecule has 0 aliphatic heterocycles. The van der Waals surface area contributed by atoms with E-state index in [1.807, 2.05) is 0 Å². The Kier molecular flexibility index (Phi) is 7.15. The van der Waals surface area contributed by atoms with Crippen molar-refractivity contribution in [1.82, 2.24) is 0 Å². The first-order valence-electron chi connectivity index (χ1n) is 8.39. The van der Waals surface area contributed by atoms with E-state index >= 15 is 0 Å². The number of ketones is 1. The predicted molar refractivity (Wildman–Crippen MR) is 102 cm³/mol. The number of ether oxygens (including phenoxy) is 1. The summed E-state index contributed by atoms with van der Waals surface area (Å²) >= 11 is 0. The Hall–Kier alpha value is -3.59. The van der Waals surface area contributed by atoms with E-state index in [4.69, 9.17) is 21.3 Å². The summed E-state index contributed by atoms with van der Waals surface area (Å²) in [5.41, 5.74) is 11.5. The van der Waals surface area contributed by atoms with Crippen LogP contribution in [0.4, 0.5) is 14.5 Å². The Morgan fingerprint density at radius 3 is 2.17 bits per heavy atom. The highest BCUT2D eigenvalue weighted by molar-refractivity contribution is 6.19. The van der Waals surface area contributed by atoms with E-state index in [1.54, 1.807) is 24.3 Å². The molecule has 9 heteroatoms. The van der Waals surface area contributed by atoms with Crippen molar-refractivity contribution in [3.8, 4) is 0 Å². The second-order valence-electron chi connectivity index (χ2n) is 5.98. The van der Waals surface area contributed by atoms with Crippen molar-refractivity contribution in [2.75, 3.05) is 6.61 Å². The Balaban J connectivity index is 2.16. The van der Waals surface area contributed by atoms with Crippen LogP contribution in [0.5, 0.6) is 0 Å². The third kappa shape index (κ3) is 5.45. The molecule has 0 saturated heterocycles. The number of allylic oxidation sites excluding steroid dienone is 1. The van der Waals surface area contributed by atoms with Crippen molar-refractivity contribution < 1.29 is 28.2 Å². The van der Waals surface area contributed by atoms with Crippen molar-refractivity contribution in [2.24, 2.45) is 16.5 Å². The maximum Gasteiger partial charge on any atom is 0.344 e. The smallest absolute Gasteiger partial charge is 0.344 e.